The third-order valence-corrected chi connectivity index (χ3v) is 5.23. The molecule has 0 saturated carbocycles. The van der Waals surface area contributed by atoms with Gasteiger partial charge in [0.2, 0.25) is 0 Å². The van der Waals surface area contributed by atoms with Crippen molar-refractivity contribution in [2.45, 2.75) is 6.42 Å². The second-order valence-electron chi connectivity index (χ2n) is 6.44. The number of aromatic nitrogens is 3. The molecule has 0 aliphatic carbocycles. The third-order valence-electron chi connectivity index (χ3n) is 4.64. The number of aryl methyl sites for hydroxylation is 1. The zero-order chi connectivity index (χ0) is 16.0. The quantitative estimate of drug-likeness (QED) is 0.818. The van der Waals surface area contributed by atoms with E-state index < -0.39 is 0 Å². The lowest BCUT2D eigenvalue weighted by Gasteiger charge is -2.47. The smallest absolute Gasteiger partial charge is 0.274 e. The number of rotatable bonds is 2. The van der Waals surface area contributed by atoms with Gasteiger partial charge in [-0.2, -0.15) is 0 Å². The van der Waals surface area contributed by atoms with Gasteiger partial charge in [0.05, 0.1) is 11.8 Å². The van der Waals surface area contributed by atoms with Crippen molar-refractivity contribution in [2.75, 3.05) is 26.2 Å². The van der Waals surface area contributed by atoms with Crippen molar-refractivity contribution in [3.05, 3.63) is 34.8 Å². The monoisotopic (exact) mass is 331 g/mol. The van der Waals surface area contributed by atoms with Crippen LogP contribution in [0.2, 0.25) is 0 Å². The second kappa shape index (κ2) is 5.16. The van der Waals surface area contributed by atoms with Gasteiger partial charge >= 0.3 is 0 Å². The Morgan fingerprint density at radius 2 is 1.87 bits per heavy atom. The maximum atomic E-state index is 12.4. The number of imidazole rings is 1. The molecule has 0 aromatic carbocycles. The average molecular weight is 331 g/mol. The predicted molar refractivity (Wildman–Crippen MR) is 84.2 cm³/mol. The van der Waals surface area contributed by atoms with Crippen molar-refractivity contribution in [3.8, 4) is 0 Å². The molecular formula is C15H17N5O2S. The Balaban J connectivity index is 1.38. The van der Waals surface area contributed by atoms with Crippen LogP contribution in [0.1, 0.15) is 27.4 Å². The van der Waals surface area contributed by atoms with Crippen LogP contribution in [0.5, 0.6) is 0 Å². The second-order valence-corrected chi connectivity index (χ2v) is 7.15. The van der Waals surface area contributed by atoms with Crippen LogP contribution < -0.4 is 0 Å². The number of nitrogens with zero attached hydrogens (tertiary/aromatic N) is 5. The fraction of sp³-hybridized carbons (Fsp3) is 0.467. The van der Waals surface area contributed by atoms with E-state index >= 15 is 0 Å². The first-order valence-corrected chi connectivity index (χ1v) is 8.45. The highest BCUT2D eigenvalue weighted by Gasteiger charge is 2.50. The summed E-state index contributed by atoms with van der Waals surface area (Å²) in [6, 6.07) is 0. The number of amides is 2. The van der Waals surface area contributed by atoms with Gasteiger partial charge in [-0.25, -0.2) is 9.97 Å². The van der Waals surface area contributed by atoms with E-state index in [4.69, 9.17) is 0 Å². The first-order valence-electron chi connectivity index (χ1n) is 7.51. The van der Waals surface area contributed by atoms with Crippen molar-refractivity contribution in [3.63, 3.8) is 0 Å². The van der Waals surface area contributed by atoms with Crippen LogP contribution >= 0.6 is 11.3 Å². The van der Waals surface area contributed by atoms with Gasteiger partial charge in [0.15, 0.2) is 0 Å². The Bertz CT molecular complexity index is 748. The third kappa shape index (κ3) is 2.42. The average Bonchev–Trinajstić information content (AvgIpc) is 3.24. The minimum Gasteiger partial charge on any atom is -0.340 e. The maximum absolute atomic E-state index is 12.4. The number of carbonyl (C=O) groups is 2. The Labute approximate surface area is 137 Å². The molecule has 1 spiro atoms. The fourth-order valence-electron chi connectivity index (χ4n) is 3.44. The molecule has 2 amide bonds. The summed E-state index contributed by atoms with van der Waals surface area (Å²) in [4.78, 5) is 36.6. The summed E-state index contributed by atoms with van der Waals surface area (Å²) in [5, 5.41) is 1.78. The molecule has 2 fully saturated rings. The molecule has 7 nitrogen and oxygen atoms in total. The van der Waals surface area contributed by atoms with E-state index in [1.807, 2.05) is 16.8 Å². The number of hydrogen-bond acceptors (Lipinski definition) is 5. The normalized spacial score (nSPS) is 19.2. The Hall–Kier alpha value is -2.22. The van der Waals surface area contributed by atoms with E-state index in [-0.39, 0.29) is 17.2 Å². The molecule has 120 valence electrons. The van der Waals surface area contributed by atoms with Gasteiger partial charge in [0.25, 0.3) is 11.8 Å². The van der Waals surface area contributed by atoms with E-state index in [0.717, 1.165) is 13.0 Å². The molecule has 2 saturated heterocycles. The molecule has 0 N–H and O–H groups in total. The van der Waals surface area contributed by atoms with Crippen molar-refractivity contribution < 1.29 is 9.59 Å². The molecule has 2 aromatic heterocycles. The van der Waals surface area contributed by atoms with Gasteiger partial charge < -0.3 is 14.4 Å². The van der Waals surface area contributed by atoms with E-state index in [9.17, 15) is 9.59 Å². The number of thiazole rings is 1. The zero-order valence-electron chi connectivity index (χ0n) is 12.8. The van der Waals surface area contributed by atoms with Crippen LogP contribution in [0.4, 0.5) is 0 Å². The predicted octanol–water partition coefficient (Wildman–Crippen LogP) is 0.865. The Morgan fingerprint density at radius 3 is 2.52 bits per heavy atom. The number of hydrogen-bond donors (Lipinski definition) is 0. The lowest BCUT2D eigenvalue weighted by Crippen LogP contribution is -2.59. The Kier molecular flexibility index (Phi) is 3.22. The Morgan fingerprint density at radius 1 is 1.13 bits per heavy atom. The molecule has 2 aromatic rings. The lowest BCUT2D eigenvalue weighted by atomic mass is 9.79. The van der Waals surface area contributed by atoms with Gasteiger partial charge in [-0.3, -0.25) is 9.59 Å². The summed E-state index contributed by atoms with van der Waals surface area (Å²) in [5.74, 6) is -0.0295. The molecule has 2 aliphatic rings. The molecule has 0 radical (unpaired) electrons. The fourth-order valence-corrected chi connectivity index (χ4v) is 3.96. The van der Waals surface area contributed by atoms with Crippen LogP contribution in [0.25, 0.3) is 0 Å². The highest BCUT2D eigenvalue weighted by atomic mass is 32.1. The van der Waals surface area contributed by atoms with Crippen LogP contribution in [0, 0.1) is 5.41 Å². The van der Waals surface area contributed by atoms with Crippen molar-refractivity contribution >= 4 is 23.2 Å². The minimum absolute atomic E-state index is 0.00220. The van der Waals surface area contributed by atoms with Crippen molar-refractivity contribution in [1.29, 1.82) is 0 Å². The summed E-state index contributed by atoms with van der Waals surface area (Å²) in [7, 11) is 1.85. The van der Waals surface area contributed by atoms with E-state index in [0.29, 0.717) is 31.0 Å². The summed E-state index contributed by atoms with van der Waals surface area (Å²) >= 11 is 1.43. The van der Waals surface area contributed by atoms with Gasteiger partial charge in [-0.05, 0) is 6.42 Å². The summed E-state index contributed by atoms with van der Waals surface area (Å²) < 4.78 is 1.77. The largest absolute Gasteiger partial charge is 0.340 e. The van der Waals surface area contributed by atoms with E-state index in [1.165, 1.54) is 11.3 Å². The van der Waals surface area contributed by atoms with E-state index in [2.05, 4.69) is 9.97 Å². The van der Waals surface area contributed by atoms with Crippen LogP contribution in [-0.4, -0.2) is 62.3 Å². The minimum atomic E-state index is -0.0273. The standard InChI is InChI=1S/C15H17N5O2S/c1-18-4-11(16-9-18)13(21)20-7-15(8-20)2-3-19(6-15)14(22)12-5-23-10-17-12/h4-5,9-10H,2-3,6-8H2,1H3. The zero-order valence-corrected chi connectivity index (χ0v) is 13.6. The molecule has 4 heterocycles. The van der Waals surface area contributed by atoms with Gasteiger partial charge in [-0.15, -0.1) is 11.3 Å². The molecule has 0 bridgehead atoms. The maximum Gasteiger partial charge on any atom is 0.274 e. The van der Waals surface area contributed by atoms with Crippen LogP contribution in [-0.2, 0) is 7.05 Å². The lowest BCUT2D eigenvalue weighted by molar-refractivity contribution is 0.0106. The van der Waals surface area contributed by atoms with Gasteiger partial charge in [-0.1, -0.05) is 0 Å². The molecule has 4 rings (SSSR count). The molecule has 2 aliphatic heterocycles. The highest BCUT2D eigenvalue weighted by Crippen LogP contribution is 2.40. The van der Waals surface area contributed by atoms with Crippen LogP contribution in [0.15, 0.2) is 23.4 Å². The van der Waals surface area contributed by atoms with Gasteiger partial charge in [0, 0.05) is 50.2 Å². The SMILES string of the molecule is Cn1cnc(C(=O)N2CC3(CCN(C(=O)c4cscn4)C3)C2)c1. The van der Waals surface area contributed by atoms with E-state index in [1.54, 1.807) is 28.0 Å². The van der Waals surface area contributed by atoms with Crippen LogP contribution in [0.3, 0.4) is 0 Å². The molecule has 0 unspecified atom stereocenters. The molecule has 8 heteroatoms. The first kappa shape index (κ1) is 14.4. The molecule has 23 heavy (non-hydrogen) atoms. The summed E-state index contributed by atoms with van der Waals surface area (Å²) in [6.07, 6.45) is 4.31. The highest BCUT2D eigenvalue weighted by molar-refractivity contribution is 7.07. The summed E-state index contributed by atoms with van der Waals surface area (Å²) in [6.45, 7) is 2.84. The summed E-state index contributed by atoms with van der Waals surface area (Å²) in [5.41, 5.74) is 2.73. The van der Waals surface area contributed by atoms with Gasteiger partial charge in [0.1, 0.15) is 11.4 Å². The molecule has 0 atom stereocenters. The topological polar surface area (TPSA) is 71.3 Å². The van der Waals surface area contributed by atoms with Crippen molar-refractivity contribution in [2.24, 2.45) is 12.5 Å². The van der Waals surface area contributed by atoms with Crippen molar-refractivity contribution in [1.82, 2.24) is 24.3 Å². The molecular weight excluding hydrogens is 314 g/mol. The first-order chi connectivity index (χ1) is 11.1. The number of likely N-dealkylation sites (tertiary alicyclic amines) is 2. The number of carbonyl (C=O) groups excluding carboxylic acids is 2.